The minimum atomic E-state index is -0.383. The maximum Gasteiger partial charge on any atom is 0.251 e. The van der Waals surface area contributed by atoms with E-state index in [2.05, 4.69) is 25.6 Å². The predicted octanol–water partition coefficient (Wildman–Crippen LogP) is 1.86. The summed E-state index contributed by atoms with van der Waals surface area (Å²) in [6.45, 7) is 4.55. The molecular weight excluding hydrogens is 502 g/mol. The molecule has 1 amide bonds. The SMILES string of the molecule is CN=C(NCCNC(=O)c1ccc(C)c(F)c1)N1CCOC(c2cnn(C)c2)C1.I. The third kappa shape index (κ3) is 6.14. The van der Waals surface area contributed by atoms with Crippen molar-refractivity contribution in [1.82, 2.24) is 25.3 Å². The van der Waals surface area contributed by atoms with Gasteiger partial charge in [-0.05, 0) is 24.6 Å². The molecule has 3 rings (SSSR count). The van der Waals surface area contributed by atoms with Crippen molar-refractivity contribution in [2.45, 2.75) is 13.0 Å². The third-order valence-electron chi connectivity index (χ3n) is 4.80. The predicted molar refractivity (Wildman–Crippen MR) is 124 cm³/mol. The van der Waals surface area contributed by atoms with E-state index in [4.69, 9.17) is 4.74 Å². The first-order chi connectivity index (χ1) is 14.0. The second-order valence-electron chi connectivity index (χ2n) is 6.95. The number of hydrogen-bond acceptors (Lipinski definition) is 4. The van der Waals surface area contributed by atoms with Crippen LogP contribution < -0.4 is 10.6 Å². The van der Waals surface area contributed by atoms with Crippen LogP contribution in [0, 0.1) is 12.7 Å². The van der Waals surface area contributed by atoms with Crippen LogP contribution in [0.1, 0.15) is 27.6 Å². The molecule has 164 valence electrons. The van der Waals surface area contributed by atoms with Gasteiger partial charge in [0.2, 0.25) is 0 Å². The Morgan fingerprint density at radius 3 is 2.80 bits per heavy atom. The summed E-state index contributed by atoms with van der Waals surface area (Å²) in [4.78, 5) is 18.6. The zero-order valence-electron chi connectivity index (χ0n) is 17.4. The number of nitrogens with one attached hydrogen (secondary N) is 2. The maximum absolute atomic E-state index is 13.6. The summed E-state index contributed by atoms with van der Waals surface area (Å²) in [5.74, 6) is 0.0631. The van der Waals surface area contributed by atoms with Gasteiger partial charge in [0.1, 0.15) is 11.9 Å². The van der Waals surface area contributed by atoms with Gasteiger partial charge in [0.15, 0.2) is 5.96 Å². The van der Waals surface area contributed by atoms with Gasteiger partial charge in [-0.25, -0.2) is 4.39 Å². The number of hydrogen-bond donors (Lipinski definition) is 2. The fourth-order valence-electron chi connectivity index (χ4n) is 3.17. The highest BCUT2D eigenvalue weighted by molar-refractivity contribution is 14.0. The molecule has 0 aliphatic carbocycles. The normalized spacial score (nSPS) is 16.7. The minimum Gasteiger partial charge on any atom is -0.370 e. The van der Waals surface area contributed by atoms with Crippen molar-refractivity contribution >= 4 is 35.8 Å². The Morgan fingerprint density at radius 2 is 2.13 bits per heavy atom. The van der Waals surface area contributed by atoms with Gasteiger partial charge in [-0.15, -0.1) is 24.0 Å². The third-order valence-corrected chi connectivity index (χ3v) is 4.80. The maximum atomic E-state index is 13.6. The Labute approximate surface area is 192 Å². The van der Waals surface area contributed by atoms with Crippen LogP contribution in [0.2, 0.25) is 0 Å². The van der Waals surface area contributed by atoms with Gasteiger partial charge in [0, 0.05) is 51.1 Å². The fourth-order valence-corrected chi connectivity index (χ4v) is 3.17. The number of guanidine groups is 1. The Morgan fingerprint density at radius 1 is 1.37 bits per heavy atom. The lowest BCUT2D eigenvalue weighted by atomic mass is 10.1. The van der Waals surface area contributed by atoms with E-state index in [0.29, 0.717) is 37.4 Å². The summed E-state index contributed by atoms with van der Waals surface area (Å²) in [6.07, 6.45) is 3.70. The van der Waals surface area contributed by atoms with Crippen LogP contribution in [0.15, 0.2) is 35.6 Å². The molecule has 0 bridgehead atoms. The van der Waals surface area contributed by atoms with Gasteiger partial charge < -0.3 is 20.3 Å². The molecule has 0 radical (unpaired) electrons. The van der Waals surface area contributed by atoms with Gasteiger partial charge in [-0.1, -0.05) is 6.07 Å². The number of halogens is 2. The summed E-state index contributed by atoms with van der Waals surface area (Å²) in [5.41, 5.74) is 1.86. The number of carbonyl (C=O) groups excluding carboxylic acids is 1. The molecular formula is C20H28FIN6O2. The number of aliphatic imine (C=N–C) groups is 1. The number of ether oxygens (including phenoxy) is 1. The van der Waals surface area contributed by atoms with Crippen LogP contribution in [0.4, 0.5) is 4.39 Å². The topological polar surface area (TPSA) is 83.8 Å². The number of aromatic nitrogens is 2. The molecule has 2 heterocycles. The van der Waals surface area contributed by atoms with E-state index < -0.39 is 0 Å². The smallest absolute Gasteiger partial charge is 0.251 e. The summed E-state index contributed by atoms with van der Waals surface area (Å²) in [6, 6.07) is 4.47. The van der Waals surface area contributed by atoms with Gasteiger partial charge >= 0.3 is 0 Å². The first-order valence-corrected chi connectivity index (χ1v) is 9.58. The highest BCUT2D eigenvalue weighted by Gasteiger charge is 2.25. The van der Waals surface area contributed by atoms with E-state index in [1.807, 2.05) is 19.4 Å². The highest BCUT2D eigenvalue weighted by Crippen LogP contribution is 2.21. The molecule has 1 unspecified atom stereocenters. The van der Waals surface area contributed by atoms with E-state index in [-0.39, 0.29) is 41.8 Å². The summed E-state index contributed by atoms with van der Waals surface area (Å²) >= 11 is 0. The molecule has 1 fully saturated rings. The number of rotatable bonds is 5. The van der Waals surface area contributed by atoms with Crippen molar-refractivity contribution in [3.05, 3.63) is 53.1 Å². The van der Waals surface area contributed by atoms with Crippen LogP contribution >= 0.6 is 24.0 Å². The van der Waals surface area contributed by atoms with Gasteiger partial charge in [0.25, 0.3) is 5.91 Å². The summed E-state index contributed by atoms with van der Waals surface area (Å²) < 4.78 is 21.2. The molecule has 2 N–H and O–H groups in total. The van der Waals surface area contributed by atoms with Crippen molar-refractivity contribution in [2.75, 3.05) is 39.8 Å². The van der Waals surface area contributed by atoms with E-state index in [9.17, 15) is 9.18 Å². The Kier molecular flexibility index (Phi) is 9.03. The minimum absolute atomic E-state index is 0. The summed E-state index contributed by atoms with van der Waals surface area (Å²) in [7, 11) is 3.61. The standard InChI is InChI=1S/C20H27FN6O2.HI/c1-14-4-5-15(10-17(14)21)19(28)23-6-7-24-20(22-2)27-8-9-29-18(13-27)16-11-25-26(3)12-16;/h4-5,10-12,18H,6-9,13H2,1-3H3,(H,22,24)(H,23,28);1H. The number of aryl methyl sites for hydroxylation is 2. The van der Waals surface area contributed by atoms with E-state index >= 15 is 0 Å². The lowest BCUT2D eigenvalue weighted by Gasteiger charge is -2.34. The zero-order valence-corrected chi connectivity index (χ0v) is 19.7. The summed E-state index contributed by atoms with van der Waals surface area (Å²) in [5, 5.41) is 10.2. The van der Waals surface area contributed by atoms with Crippen LogP contribution in [0.25, 0.3) is 0 Å². The molecule has 30 heavy (non-hydrogen) atoms. The molecule has 2 aromatic rings. The lowest BCUT2D eigenvalue weighted by Crippen LogP contribution is -2.49. The monoisotopic (exact) mass is 530 g/mol. The van der Waals surface area contributed by atoms with Crippen molar-refractivity contribution in [2.24, 2.45) is 12.0 Å². The molecule has 0 saturated carbocycles. The quantitative estimate of drug-likeness (QED) is 0.267. The van der Waals surface area contributed by atoms with Crippen LogP contribution in [0.5, 0.6) is 0 Å². The van der Waals surface area contributed by atoms with Crippen molar-refractivity contribution in [3.8, 4) is 0 Å². The number of morpholine rings is 1. The van der Waals surface area contributed by atoms with Gasteiger partial charge in [0.05, 0.1) is 19.3 Å². The van der Waals surface area contributed by atoms with E-state index in [1.54, 1.807) is 30.8 Å². The average molecular weight is 530 g/mol. The van der Waals surface area contributed by atoms with Crippen LogP contribution in [-0.2, 0) is 11.8 Å². The fraction of sp³-hybridized carbons (Fsp3) is 0.450. The molecule has 1 saturated heterocycles. The highest BCUT2D eigenvalue weighted by atomic mass is 127. The molecule has 1 aliphatic heterocycles. The second kappa shape index (κ2) is 11.3. The molecule has 0 spiro atoms. The van der Waals surface area contributed by atoms with E-state index in [1.165, 1.54) is 6.07 Å². The lowest BCUT2D eigenvalue weighted by molar-refractivity contribution is -0.00800. The second-order valence-corrected chi connectivity index (χ2v) is 6.95. The van der Waals surface area contributed by atoms with Crippen LogP contribution in [0.3, 0.4) is 0 Å². The first-order valence-electron chi connectivity index (χ1n) is 9.58. The van der Waals surface area contributed by atoms with E-state index in [0.717, 1.165) is 18.1 Å². The Balaban J connectivity index is 0.00000320. The number of benzene rings is 1. The Bertz CT molecular complexity index is 888. The molecule has 1 aromatic heterocycles. The van der Waals surface area contributed by atoms with Crippen molar-refractivity contribution in [1.29, 1.82) is 0 Å². The average Bonchev–Trinajstić information content (AvgIpc) is 3.16. The zero-order chi connectivity index (χ0) is 20.8. The van der Waals surface area contributed by atoms with Crippen molar-refractivity contribution < 1.29 is 13.9 Å². The first kappa shape index (κ1) is 24.1. The van der Waals surface area contributed by atoms with Gasteiger partial charge in [-0.2, -0.15) is 5.10 Å². The molecule has 1 atom stereocenters. The number of nitrogens with zero attached hydrogens (tertiary/aromatic N) is 4. The molecule has 1 aliphatic rings. The van der Waals surface area contributed by atoms with Crippen molar-refractivity contribution in [3.63, 3.8) is 0 Å². The molecule has 1 aromatic carbocycles. The molecule has 8 nitrogen and oxygen atoms in total. The largest absolute Gasteiger partial charge is 0.370 e. The molecule has 10 heteroatoms. The van der Waals surface area contributed by atoms with Gasteiger partial charge in [-0.3, -0.25) is 14.5 Å². The number of amides is 1. The number of carbonyl (C=O) groups is 1. The van der Waals surface area contributed by atoms with Crippen LogP contribution in [-0.4, -0.2) is 66.4 Å². The Hall–Kier alpha value is -2.21.